The molecular formula is C39H75NO4. The van der Waals surface area contributed by atoms with Crippen LogP contribution in [0.25, 0.3) is 0 Å². The molecule has 1 aliphatic heterocycles. The van der Waals surface area contributed by atoms with E-state index in [2.05, 4.69) is 32.7 Å². The molecule has 0 aliphatic carbocycles. The van der Waals surface area contributed by atoms with Gasteiger partial charge in [-0.25, -0.2) is 0 Å². The summed E-state index contributed by atoms with van der Waals surface area (Å²) in [5, 5.41) is 0. The number of unbranched alkanes of at least 4 members (excludes halogenated alkanes) is 15. The number of esters is 2. The van der Waals surface area contributed by atoms with E-state index in [1.54, 1.807) is 0 Å². The van der Waals surface area contributed by atoms with Gasteiger partial charge in [-0.2, -0.15) is 0 Å². The highest BCUT2D eigenvalue weighted by atomic mass is 16.5. The van der Waals surface area contributed by atoms with Gasteiger partial charge in [0, 0.05) is 12.8 Å². The Labute approximate surface area is 274 Å². The second kappa shape index (κ2) is 29.3. The molecule has 0 aromatic carbocycles. The maximum atomic E-state index is 12.8. The zero-order chi connectivity index (χ0) is 32.1. The van der Waals surface area contributed by atoms with E-state index >= 15 is 0 Å². The second-order valence-electron chi connectivity index (χ2n) is 14.2. The molecule has 5 heteroatoms. The third kappa shape index (κ3) is 24.2. The van der Waals surface area contributed by atoms with Crippen molar-refractivity contribution in [2.75, 3.05) is 26.7 Å². The van der Waals surface area contributed by atoms with Crippen LogP contribution in [0.5, 0.6) is 0 Å². The average Bonchev–Trinajstić information content (AvgIpc) is 3.01. The maximum absolute atomic E-state index is 12.8. The molecule has 0 bridgehead atoms. The molecule has 0 spiro atoms. The van der Waals surface area contributed by atoms with Gasteiger partial charge >= 0.3 is 11.9 Å². The molecule has 0 aromatic rings. The largest absolute Gasteiger partial charge is 0.466 e. The first kappa shape index (κ1) is 40.9. The van der Waals surface area contributed by atoms with Crippen LogP contribution in [0.2, 0.25) is 0 Å². The highest BCUT2D eigenvalue weighted by Gasteiger charge is 2.22. The van der Waals surface area contributed by atoms with E-state index in [1.165, 1.54) is 109 Å². The summed E-state index contributed by atoms with van der Waals surface area (Å²) < 4.78 is 11.7. The molecule has 0 aromatic heterocycles. The monoisotopic (exact) mass is 622 g/mol. The molecule has 0 saturated carbocycles. The molecule has 260 valence electrons. The molecule has 44 heavy (non-hydrogen) atoms. The lowest BCUT2D eigenvalue weighted by Gasteiger charge is -2.28. The number of rotatable bonds is 30. The average molecular weight is 622 g/mol. The zero-order valence-corrected chi connectivity index (χ0v) is 30.0. The van der Waals surface area contributed by atoms with Crippen molar-refractivity contribution in [1.29, 1.82) is 0 Å². The number of hydrogen-bond acceptors (Lipinski definition) is 5. The van der Waals surface area contributed by atoms with Gasteiger partial charge < -0.3 is 14.4 Å². The van der Waals surface area contributed by atoms with E-state index in [0.29, 0.717) is 31.3 Å². The molecular weight excluding hydrogens is 546 g/mol. The molecule has 0 N–H and O–H groups in total. The van der Waals surface area contributed by atoms with Crippen LogP contribution in [0.3, 0.4) is 0 Å². The number of ether oxygens (including phenoxy) is 2. The molecule has 1 aliphatic rings. The van der Waals surface area contributed by atoms with Crippen molar-refractivity contribution in [3.8, 4) is 0 Å². The van der Waals surface area contributed by atoms with Crippen molar-refractivity contribution in [1.82, 2.24) is 4.90 Å². The predicted octanol–water partition coefficient (Wildman–Crippen LogP) is 11.2. The Morgan fingerprint density at radius 3 is 1.68 bits per heavy atom. The van der Waals surface area contributed by atoms with Gasteiger partial charge in [0.25, 0.3) is 0 Å². The van der Waals surface area contributed by atoms with Crippen molar-refractivity contribution in [2.24, 2.45) is 11.8 Å². The zero-order valence-electron chi connectivity index (χ0n) is 30.0. The minimum absolute atomic E-state index is 0.0129. The number of nitrogens with zero attached hydrogens (tertiary/aromatic N) is 1. The Kier molecular flexibility index (Phi) is 27.3. The Hall–Kier alpha value is -1.10. The summed E-state index contributed by atoms with van der Waals surface area (Å²) in [5.74, 6) is 1.05. The number of carbonyl (C=O) groups is 2. The van der Waals surface area contributed by atoms with Crippen molar-refractivity contribution >= 4 is 11.9 Å². The fourth-order valence-corrected chi connectivity index (χ4v) is 6.69. The summed E-state index contributed by atoms with van der Waals surface area (Å²) in [4.78, 5) is 27.6. The first-order valence-electron chi connectivity index (χ1n) is 19.5. The van der Waals surface area contributed by atoms with E-state index in [0.717, 1.165) is 64.5 Å². The summed E-state index contributed by atoms with van der Waals surface area (Å²) in [5.41, 5.74) is 0. The van der Waals surface area contributed by atoms with Crippen LogP contribution in [0.1, 0.15) is 194 Å². The van der Waals surface area contributed by atoms with Gasteiger partial charge in [0.05, 0.1) is 6.61 Å². The summed E-state index contributed by atoms with van der Waals surface area (Å²) in [7, 11) is 2.17. The van der Waals surface area contributed by atoms with Crippen LogP contribution >= 0.6 is 0 Å². The summed E-state index contributed by atoms with van der Waals surface area (Å²) >= 11 is 0. The molecule has 2 unspecified atom stereocenters. The third-order valence-electron chi connectivity index (χ3n) is 9.79. The van der Waals surface area contributed by atoms with Crippen LogP contribution in [0.15, 0.2) is 0 Å². The van der Waals surface area contributed by atoms with Gasteiger partial charge in [0.15, 0.2) is 0 Å². The lowest BCUT2D eigenvalue weighted by Crippen LogP contribution is -2.31. The standard InChI is InChI=1S/C39H75NO4/c1-5-8-11-13-14-17-21-26-37(44-39(42)34-36-28-30-40(4)31-29-36)27-22-18-15-16-19-23-32-43-38(41)33-35(24-10-7-3)25-20-12-9-6-2/h35-37H,5-34H2,1-4H3. The minimum Gasteiger partial charge on any atom is -0.466 e. The molecule has 0 radical (unpaired) electrons. The Morgan fingerprint density at radius 1 is 0.614 bits per heavy atom. The van der Waals surface area contributed by atoms with Gasteiger partial charge in [-0.05, 0) is 89.8 Å². The third-order valence-corrected chi connectivity index (χ3v) is 9.79. The number of likely N-dealkylation sites (tertiary alicyclic amines) is 1. The van der Waals surface area contributed by atoms with Crippen LogP contribution < -0.4 is 0 Å². The molecule has 2 atom stereocenters. The normalized spacial score (nSPS) is 15.7. The van der Waals surface area contributed by atoms with Gasteiger partial charge in [-0.3, -0.25) is 9.59 Å². The van der Waals surface area contributed by atoms with E-state index in [9.17, 15) is 9.59 Å². The molecule has 0 amide bonds. The SMILES string of the molecule is CCCCCCCCCC(CCCCCCCCOC(=O)CC(CCCC)CCCCCC)OC(=O)CC1CCN(C)CC1. The van der Waals surface area contributed by atoms with Gasteiger partial charge in [-0.15, -0.1) is 0 Å². The molecule has 1 fully saturated rings. The summed E-state index contributed by atoms with van der Waals surface area (Å²) in [6.07, 6.45) is 31.3. The lowest BCUT2D eigenvalue weighted by molar-refractivity contribution is -0.151. The minimum atomic E-state index is 0.0129. The van der Waals surface area contributed by atoms with E-state index < -0.39 is 0 Å². The Morgan fingerprint density at radius 2 is 1.09 bits per heavy atom. The highest BCUT2D eigenvalue weighted by Crippen LogP contribution is 2.23. The van der Waals surface area contributed by atoms with Crippen molar-refractivity contribution in [3.05, 3.63) is 0 Å². The van der Waals surface area contributed by atoms with Gasteiger partial charge in [-0.1, -0.05) is 124 Å². The second-order valence-corrected chi connectivity index (χ2v) is 14.2. The maximum Gasteiger partial charge on any atom is 0.306 e. The van der Waals surface area contributed by atoms with Gasteiger partial charge in [0.2, 0.25) is 0 Å². The van der Waals surface area contributed by atoms with Crippen LogP contribution in [0.4, 0.5) is 0 Å². The van der Waals surface area contributed by atoms with Crippen molar-refractivity contribution < 1.29 is 19.1 Å². The fourth-order valence-electron chi connectivity index (χ4n) is 6.69. The summed E-state index contributed by atoms with van der Waals surface area (Å²) in [6, 6.07) is 0. The van der Waals surface area contributed by atoms with Gasteiger partial charge in [0.1, 0.15) is 6.10 Å². The predicted molar refractivity (Wildman–Crippen MR) is 187 cm³/mol. The first-order valence-corrected chi connectivity index (χ1v) is 19.5. The number of piperidine rings is 1. The smallest absolute Gasteiger partial charge is 0.306 e. The fraction of sp³-hybridized carbons (Fsp3) is 0.949. The van der Waals surface area contributed by atoms with E-state index in [4.69, 9.17) is 9.47 Å². The van der Waals surface area contributed by atoms with Crippen LogP contribution in [-0.4, -0.2) is 49.7 Å². The molecule has 1 saturated heterocycles. The van der Waals surface area contributed by atoms with Crippen molar-refractivity contribution in [3.63, 3.8) is 0 Å². The van der Waals surface area contributed by atoms with E-state index in [-0.39, 0.29) is 18.0 Å². The Balaban J connectivity index is 2.23. The summed E-state index contributed by atoms with van der Waals surface area (Å²) in [6.45, 7) is 9.51. The number of hydrogen-bond donors (Lipinski definition) is 0. The van der Waals surface area contributed by atoms with Crippen LogP contribution in [0, 0.1) is 11.8 Å². The lowest BCUT2D eigenvalue weighted by atomic mass is 9.92. The quantitative estimate of drug-likeness (QED) is 0.0590. The molecule has 1 heterocycles. The first-order chi connectivity index (χ1) is 21.5. The van der Waals surface area contributed by atoms with E-state index in [1.807, 2.05) is 0 Å². The molecule has 1 rings (SSSR count). The molecule has 5 nitrogen and oxygen atoms in total. The van der Waals surface area contributed by atoms with Crippen molar-refractivity contribution in [2.45, 2.75) is 200 Å². The number of carbonyl (C=O) groups excluding carboxylic acids is 2. The topological polar surface area (TPSA) is 55.8 Å². The Bertz CT molecular complexity index is 661. The highest BCUT2D eigenvalue weighted by molar-refractivity contribution is 5.70. The van der Waals surface area contributed by atoms with Crippen LogP contribution in [-0.2, 0) is 19.1 Å².